The van der Waals surface area contributed by atoms with Crippen LogP contribution in [0.1, 0.15) is 11.1 Å². The van der Waals surface area contributed by atoms with Gasteiger partial charge in [0.05, 0.1) is 32.5 Å². The van der Waals surface area contributed by atoms with E-state index in [9.17, 15) is 25.5 Å². The largest absolute Gasteiger partial charge is 0.390 e. The summed E-state index contributed by atoms with van der Waals surface area (Å²) in [4.78, 5) is 2.50. The molecule has 13 heteroatoms. The molecule has 2 aromatic rings. The van der Waals surface area contributed by atoms with Gasteiger partial charge in [-0.25, -0.2) is 0 Å². The number of benzene rings is 2. The fraction of sp³-hybridized carbons (Fsp3) is 0.538. The molecule has 6 N–H and O–H groups in total. The highest BCUT2D eigenvalue weighted by Crippen LogP contribution is 2.24. The van der Waals surface area contributed by atoms with Gasteiger partial charge in [0, 0.05) is 17.4 Å². The van der Waals surface area contributed by atoms with Crippen LogP contribution in [-0.2, 0) is 32.2 Å². The van der Waals surface area contributed by atoms with E-state index in [0.717, 1.165) is 11.1 Å². The first-order valence-corrected chi connectivity index (χ1v) is 12.4. The van der Waals surface area contributed by atoms with Crippen molar-refractivity contribution < 1.29 is 49.6 Å². The SMILES string of the molecule is OC1OC(COCc2ccccc2)C(O)C(OCc2ccccc2)C1O.[N-]=[N+]=NCC1C(O)COC(O)C1O. The second-order valence-corrected chi connectivity index (χ2v) is 9.17. The standard InChI is InChI=1S/C20H24O6.C6H11N3O4/c21-17-16(13-24-11-14-7-3-1-4-8-14)26-20(23)18(22)19(17)25-12-15-9-5-2-6-10-15;7-9-8-1-3-4(10)2-13-6(12)5(3)11/h1-10,16-23H,11-13H2;3-6,10-12H,1-2H2. The van der Waals surface area contributed by atoms with Crippen LogP contribution < -0.4 is 0 Å². The van der Waals surface area contributed by atoms with Crippen molar-refractivity contribution in [2.75, 3.05) is 19.8 Å². The molecule has 2 fully saturated rings. The van der Waals surface area contributed by atoms with Crippen molar-refractivity contribution in [2.24, 2.45) is 11.0 Å². The van der Waals surface area contributed by atoms with Gasteiger partial charge in [0.2, 0.25) is 0 Å². The summed E-state index contributed by atoms with van der Waals surface area (Å²) in [5.74, 6) is -0.667. The van der Waals surface area contributed by atoms with E-state index in [4.69, 9.17) is 24.8 Å². The molecule has 0 saturated carbocycles. The van der Waals surface area contributed by atoms with Crippen LogP contribution in [0.2, 0.25) is 0 Å². The number of aliphatic hydroxyl groups is 6. The van der Waals surface area contributed by atoms with Gasteiger partial charge in [0.15, 0.2) is 12.6 Å². The lowest BCUT2D eigenvalue weighted by atomic mass is 9.94. The molecule has 0 spiro atoms. The first kappa shape index (κ1) is 30.9. The molecule has 9 atom stereocenters. The number of rotatable bonds is 9. The molecule has 9 unspecified atom stereocenters. The summed E-state index contributed by atoms with van der Waals surface area (Å²) in [5.41, 5.74) is 9.94. The van der Waals surface area contributed by atoms with E-state index in [-0.39, 0.29) is 26.4 Å². The monoisotopic (exact) mass is 549 g/mol. The first-order chi connectivity index (χ1) is 18.8. The Bertz CT molecular complexity index is 1010. The van der Waals surface area contributed by atoms with Crippen molar-refractivity contribution in [3.05, 3.63) is 82.2 Å². The number of aliphatic hydroxyl groups excluding tert-OH is 6. The normalized spacial score (nSPS) is 32.4. The zero-order chi connectivity index (χ0) is 28.2. The molecule has 4 rings (SSSR count). The van der Waals surface area contributed by atoms with E-state index in [1.807, 2.05) is 60.7 Å². The Balaban J connectivity index is 0.000000272. The van der Waals surface area contributed by atoms with Crippen molar-refractivity contribution in [3.8, 4) is 0 Å². The summed E-state index contributed by atoms with van der Waals surface area (Å²) < 4.78 is 21.2. The lowest BCUT2D eigenvalue weighted by Gasteiger charge is -2.40. The van der Waals surface area contributed by atoms with Crippen LogP contribution in [0.25, 0.3) is 10.4 Å². The van der Waals surface area contributed by atoms with E-state index < -0.39 is 55.1 Å². The summed E-state index contributed by atoms with van der Waals surface area (Å²) in [6.45, 7) is 0.527. The highest BCUT2D eigenvalue weighted by Gasteiger charge is 2.44. The average molecular weight is 550 g/mol. The minimum atomic E-state index is -1.44. The van der Waals surface area contributed by atoms with Crippen LogP contribution in [0.5, 0.6) is 0 Å². The maximum absolute atomic E-state index is 10.5. The predicted octanol–water partition coefficient (Wildman–Crippen LogP) is 0.211. The second kappa shape index (κ2) is 15.8. The van der Waals surface area contributed by atoms with Crippen molar-refractivity contribution in [2.45, 2.75) is 62.4 Å². The molecule has 0 radical (unpaired) electrons. The molecular weight excluding hydrogens is 514 g/mol. The summed E-state index contributed by atoms with van der Waals surface area (Å²) in [7, 11) is 0. The van der Waals surface area contributed by atoms with Crippen LogP contribution in [0.3, 0.4) is 0 Å². The Morgan fingerprint density at radius 1 is 0.821 bits per heavy atom. The van der Waals surface area contributed by atoms with Gasteiger partial charge in [-0.15, -0.1) is 0 Å². The van der Waals surface area contributed by atoms with Crippen LogP contribution in [-0.4, -0.2) is 99.6 Å². The number of hydrogen-bond acceptors (Lipinski definition) is 11. The number of nitrogens with zero attached hydrogens (tertiary/aromatic N) is 3. The predicted molar refractivity (Wildman–Crippen MR) is 135 cm³/mol. The van der Waals surface area contributed by atoms with E-state index >= 15 is 0 Å². The quantitative estimate of drug-likeness (QED) is 0.142. The Morgan fingerprint density at radius 2 is 1.44 bits per heavy atom. The highest BCUT2D eigenvalue weighted by molar-refractivity contribution is 5.14. The molecule has 13 nitrogen and oxygen atoms in total. The van der Waals surface area contributed by atoms with E-state index in [1.54, 1.807) is 0 Å². The molecule has 0 aromatic heterocycles. The fourth-order valence-electron chi connectivity index (χ4n) is 4.10. The Hall–Kier alpha value is -2.65. The van der Waals surface area contributed by atoms with Crippen LogP contribution in [0, 0.1) is 5.92 Å². The van der Waals surface area contributed by atoms with Gasteiger partial charge in [0.1, 0.15) is 30.5 Å². The molecular formula is C26H35N3O10. The molecule has 0 aliphatic carbocycles. The Kier molecular flexibility index (Phi) is 12.5. The van der Waals surface area contributed by atoms with Crippen molar-refractivity contribution >= 4 is 0 Å². The van der Waals surface area contributed by atoms with Gasteiger partial charge in [0.25, 0.3) is 0 Å². The highest BCUT2D eigenvalue weighted by atomic mass is 16.7. The average Bonchev–Trinajstić information content (AvgIpc) is 2.95. The fourth-order valence-corrected chi connectivity index (χ4v) is 4.10. The van der Waals surface area contributed by atoms with E-state index in [2.05, 4.69) is 14.8 Å². The summed E-state index contributed by atoms with van der Waals surface area (Å²) >= 11 is 0. The van der Waals surface area contributed by atoms with Crippen molar-refractivity contribution in [3.63, 3.8) is 0 Å². The topological polar surface area (TPSA) is 207 Å². The number of hydrogen-bond donors (Lipinski definition) is 6. The van der Waals surface area contributed by atoms with E-state index in [1.165, 1.54) is 0 Å². The zero-order valence-corrected chi connectivity index (χ0v) is 21.2. The molecule has 2 aliphatic rings. The Morgan fingerprint density at radius 3 is 2.05 bits per heavy atom. The first-order valence-electron chi connectivity index (χ1n) is 12.4. The zero-order valence-electron chi connectivity index (χ0n) is 21.2. The number of azide groups is 1. The lowest BCUT2D eigenvalue weighted by Crippen LogP contribution is -2.59. The third kappa shape index (κ3) is 9.21. The van der Waals surface area contributed by atoms with E-state index in [0.29, 0.717) is 6.61 Å². The molecule has 0 amide bonds. The third-order valence-electron chi connectivity index (χ3n) is 6.36. The van der Waals surface area contributed by atoms with Crippen molar-refractivity contribution in [1.29, 1.82) is 0 Å². The third-order valence-corrected chi connectivity index (χ3v) is 6.36. The van der Waals surface area contributed by atoms with Crippen molar-refractivity contribution in [1.82, 2.24) is 0 Å². The molecule has 2 heterocycles. The second-order valence-electron chi connectivity index (χ2n) is 9.17. The summed E-state index contributed by atoms with van der Waals surface area (Å²) in [5, 5.41) is 61.4. The van der Waals surface area contributed by atoms with Gasteiger partial charge >= 0.3 is 0 Å². The summed E-state index contributed by atoms with van der Waals surface area (Å²) in [6.07, 6.45) is -9.10. The minimum Gasteiger partial charge on any atom is -0.390 e. The smallest absolute Gasteiger partial charge is 0.184 e. The van der Waals surface area contributed by atoms with Gasteiger partial charge in [-0.1, -0.05) is 65.8 Å². The lowest BCUT2D eigenvalue weighted by molar-refractivity contribution is -0.298. The maximum Gasteiger partial charge on any atom is 0.184 e. The van der Waals surface area contributed by atoms with Gasteiger partial charge < -0.3 is 49.6 Å². The molecule has 2 saturated heterocycles. The van der Waals surface area contributed by atoms with Gasteiger partial charge in [-0.2, -0.15) is 0 Å². The minimum absolute atomic E-state index is 0.0563. The van der Waals surface area contributed by atoms with Gasteiger partial charge in [-0.05, 0) is 16.7 Å². The van der Waals surface area contributed by atoms with Gasteiger partial charge in [-0.3, -0.25) is 0 Å². The van der Waals surface area contributed by atoms with Crippen LogP contribution in [0.15, 0.2) is 65.8 Å². The maximum atomic E-state index is 10.5. The molecule has 39 heavy (non-hydrogen) atoms. The van der Waals surface area contributed by atoms with Crippen LogP contribution >= 0.6 is 0 Å². The van der Waals surface area contributed by atoms with Crippen LogP contribution in [0.4, 0.5) is 0 Å². The number of ether oxygens (including phenoxy) is 4. The molecule has 214 valence electrons. The molecule has 2 aliphatic heterocycles. The molecule has 0 bridgehead atoms. The Labute approximate surface area is 225 Å². The molecule has 2 aromatic carbocycles. The summed E-state index contributed by atoms with van der Waals surface area (Å²) in [6, 6.07) is 19.0.